The van der Waals surface area contributed by atoms with E-state index in [0.29, 0.717) is 40.7 Å². The van der Waals surface area contributed by atoms with Gasteiger partial charge in [0.05, 0.1) is 30.7 Å². The van der Waals surface area contributed by atoms with Crippen LogP contribution < -0.4 is 19.7 Å². The van der Waals surface area contributed by atoms with E-state index in [1.165, 1.54) is 30.2 Å². The smallest absolute Gasteiger partial charge is 0.259 e. The summed E-state index contributed by atoms with van der Waals surface area (Å²) in [5, 5.41) is 13.1. The van der Waals surface area contributed by atoms with Crippen LogP contribution in [0.5, 0.6) is 17.2 Å². The van der Waals surface area contributed by atoms with E-state index in [-0.39, 0.29) is 28.9 Å². The number of methoxy groups -OCH3 is 1. The number of hydrogen-bond donors (Lipinski definition) is 2. The second-order valence-electron chi connectivity index (χ2n) is 11.2. The van der Waals surface area contributed by atoms with Crippen LogP contribution in [0.15, 0.2) is 54.6 Å². The van der Waals surface area contributed by atoms with Gasteiger partial charge in [-0.15, -0.1) is 0 Å². The fourth-order valence-corrected chi connectivity index (χ4v) is 5.25. The Hall–Kier alpha value is -4.28. The predicted molar refractivity (Wildman–Crippen MR) is 176 cm³/mol. The number of hydrogen-bond acceptors (Lipinski definition) is 7. The molecule has 1 saturated heterocycles. The summed E-state index contributed by atoms with van der Waals surface area (Å²) >= 11 is 5.87. The van der Waals surface area contributed by atoms with Gasteiger partial charge in [0.2, 0.25) is 5.91 Å². The highest BCUT2D eigenvalue weighted by Gasteiger charge is 2.21. The molecule has 4 rings (SSSR count). The molecule has 1 aliphatic rings. The van der Waals surface area contributed by atoms with E-state index in [1.54, 1.807) is 25.2 Å². The van der Waals surface area contributed by atoms with Gasteiger partial charge in [-0.2, -0.15) is 0 Å². The lowest BCUT2D eigenvalue weighted by molar-refractivity contribution is -0.132. The van der Waals surface area contributed by atoms with Gasteiger partial charge in [0, 0.05) is 50.2 Å². The van der Waals surface area contributed by atoms with Crippen LogP contribution in [-0.4, -0.2) is 86.6 Å². The van der Waals surface area contributed by atoms with Crippen LogP contribution in [0.25, 0.3) is 0 Å². The van der Waals surface area contributed by atoms with Crippen LogP contribution in [0.3, 0.4) is 0 Å². The molecule has 11 heteroatoms. The zero-order valence-electron chi connectivity index (χ0n) is 26.3. The third-order valence-corrected chi connectivity index (χ3v) is 8.07. The number of piperazine rings is 1. The van der Waals surface area contributed by atoms with Crippen molar-refractivity contribution in [2.75, 3.05) is 64.2 Å². The number of unbranched alkanes of at least 4 members (excludes halogenated alkanes) is 2. The summed E-state index contributed by atoms with van der Waals surface area (Å²) in [6, 6.07) is 14.6. The van der Waals surface area contributed by atoms with Crippen molar-refractivity contribution in [3.05, 3.63) is 76.3 Å². The molecular weight excluding hydrogens is 596 g/mol. The molecule has 0 unspecified atom stereocenters. The fraction of sp³-hybridized carbons (Fsp3) is 0.382. The molecule has 2 N–H and O–H groups in total. The zero-order valence-corrected chi connectivity index (χ0v) is 27.0. The number of ether oxygens (including phenoxy) is 2. The number of phenolic OH excluding ortho intramolecular Hbond substituents is 1. The van der Waals surface area contributed by atoms with Gasteiger partial charge in [-0.05, 0) is 87.3 Å². The number of phenols is 1. The Balaban J connectivity index is 1.35. The van der Waals surface area contributed by atoms with Gasteiger partial charge >= 0.3 is 0 Å². The maximum atomic E-state index is 13.6. The Morgan fingerprint density at radius 2 is 1.71 bits per heavy atom. The van der Waals surface area contributed by atoms with Crippen molar-refractivity contribution in [1.29, 1.82) is 0 Å². The summed E-state index contributed by atoms with van der Waals surface area (Å²) in [7, 11) is 5.19. The average Bonchev–Trinajstić information content (AvgIpc) is 3.02. The number of nitrogens with one attached hydrogen (secondary N) is 1. The van der Waals surface area contributed by atoms with Gasteiger partial charge in [0.25, 0.3) is 11.8 Å². The number of carbonyl (C=O) groups excluding carboxylic acids is 3. The maximum absolute atomic E-state index is 13.6. The lowest BCUT2D eigenvalue weighted by atomic mass is 10.1. The Bertz CT molecular complexity index is 1520. The minimum atomic E-state index is -0.554. The SMILES string of the molecule is COc1cc(C(=O)N(C)c2ccc(C)cc2OCCCCCC(=O)N2CCN(C)CC2)ccc1NC(=O)c1ccc(Cl)cc1O. The number of aromatic hydroxyl groups is 1. The molecule has 3 aromatic carbocycles. The lowest BCUT2D eigenvalue weighted by Crippen LogP contribution is -2.47. The third-order valence-electron chi connectivity index (χ3n) is 7.83. The van der Waals surface area contributed by atoms with Crippen molar-refractivity contribution in [3.8, 4) is 17.2 Å². The van der Waals surface area contributed by atoms with Gasteiger partial charge in [0.15, 0.2) is 0 Å². The number of aryl methyl sites for hydroxylation is 1. The molecule has 1 fully saturated rings. The molecule has 0 aromatic heterocycles. The zero-order chi connectivity index (χ0) is 32.5. The lowest BCUT2D eigenvalue weighted by Gasteiger charge is -2.32. The van der Waals surface area contributed by atoms with Crippen molar-refractivity contribution in [2.45, 2.75) is 32.6 Å². The quantitative estimate of drug-likeness (QED) is 0.249. The number of amides is 3. The van der Waals surface area contributed by atoms with E-state index in [0.717, 1.165) is 51.0 Å². The van der Waals surface area contributed by atoms with E-state index in [9.17, 15) is 19.5 Å². The number of anilines is 2. The van der Waals surface area contributed by atoms with Crippen LogP contribution in [0.2, 0.25) is 5.02 Å². The number of rotatable bonds is 12. The highest BCUT2D eigenvalue weighted by atomic mass is 35.5. The van der Waals surface area contributed by atoms with E-state index in [4.69, 9.17) is 21.1 Å². The standard InChI is InChI=1S/C34H41ClN4O6/c1-23-9-14-28(31(20-23)45-19-7-5-6-8-32(41)39-17-15-37(2)16-18-39)38(3)34(43)24-10-13-27(30(21-24)44-4)36-33(42)26-12-11-25(35)22-29(26)40/h9-14,20-22,40H,5-8,15-19H2,1-4H3,(H,36,42). The van der Waals surface area contributed by atoms with E-state index in [1.807, 2.05) is 30.0 Å². The second kappa shape index (κ2) is 15.6. The first-order valence-electron chi connectivity index (χ1n) is 15.0. The molecule has 3 amide bonds. The van der Waals surface area contributed by atoms with Crippen LogP contribution in [0, 0.1) is 6.92 Å². The molecule has 45 heavy (non-hydrogen) atoms. The molecule has 3 aromatic rings. The number of halogens is 1. The van der Waals surface area contributed by atoms with Crippen molar-refractivity contribution in [1.82, 2.24) is 9.80 Å². The molecule has 0 radical (unpaired) electrons. The van der Waals surface area contributed by atoms with Gasteiger partial charge in [-0.3, -0.25) is 14.4 Å². The summed E-state index contributed by atoms with van der Waals surface area (Å²) in [5.41, 5.74) is 2.34. The number of nitrogens with zero attached hydrogens (tertiary/aromatic N) is 3. The molecule has 10 nitrogen and oxygen atoms in total. The first kappa shape index (κ1) is 33.6. The minimum Gasteiger partial charge on any atom is -0.507 e. The molecule has 0 spiro atoms. The highest BCUT2D eigenvalue weighted by molar-refractivity contribution is 6.31. The normalized spacial score (nSPS) is 13.3. The predicted octanol–water partition coefficient (Wildman–Crippen LogP) is 5.60. The molecule has 1 heterocycles. The Kier molecular flexibility index (Phi) is 11.7. The van der Waals surface area contributed by atoms with Gasteiger partial charge in [-0.25, -0.2) is 0 Å². The minimum absolute atomic E-state index is 0.0485. The highest BCUT2D eigenvalue weighted by Crippen LogP contribution is 2.32. The van der Waals surface area contributed by atoms with Crippen molar-refractivity contribution in [3.63, 3.8) is 0 Å². The van der Waals surface area contributed by atoms with Gasteiger partial charge < -0.3 is 34.6 Å². The number of carbonyl (C=O) groups is 3. The van der Waals surface area contributed by atoms with Gasteiger partial charge in [0.1, 0.15) is 17.2 Å². The first-order chi connectivity index (χ1) is 21.6. The monoisotopic (exact) mass is 636 g/mol. The average molecular weight is 637 g/mol. The van der Waals surface area contributed by atoms with E-state index in [2.05, 4.69) is 17.3 Å². The summed E-state index contributed by atoms with van der Waals surface area (Å²) in [6.45, 7) is 5.86. The number of benzene rings is 3. The summed E-state index contributed by atoms with van der Waals surface area (Å²) < 4.78 is 11.6. The van der Waals surface area contributed by atoms with Crippen LogP contribution >= 0.6 is 11.6 Å². The fourth-order valence-electron chi connectivity index (χ4n) is 5.08. The Labute approximate surface area is 269 Å². The van der Waals surface area contributed by atoms with E-state index >= 15 is 0 Å². The van der Waals surface area contributed by atoms with Crippen molar-refractivity contribution in [2.24, 2.45) is 0 Å². The first-order valence-corrected chi connectivity index (χ1v) is 15.4. The Morgan fingerprint density at radius 3 is 2.42 bits per heavy atom. The summed E-state index contributed by atoms with van der Waals surface area (Å²) in [6.07, 6.45) is 3.02. The van der Waals surface area contributed by atoms with Crippen LogP contribution in [0.1, 0.15) is 52.0 Å². The second-order valence-corrected chi connectivity index (χ2v) is 11.6. The molecule has 240 valence electrons. The van der Waals surface area contributed by atoms with E-state index < -0.39 is 5.91 Å². The topological polar surface area (TPSA) is 112 Å². The maximum Gasteiger partial charge on any atom is 0.259 e. The molecule has 0 aliphatic carbocycles. The largest absolute Gasteiger partial charge is 0.507 e. The molecule has 0 saturated carbocycles. The van der Waals surface area contributed by atoms with Crippen molar-refractivity contribution < 1.29 is 29.0 Å². The summed E-state index contributed by atoms with van der Waals surface area (Å²) in [5.74, 6) is -0.00208. The van der Waals surface area contributed by atoms with Crippen molar-refractivity contribution >= 4 is 40.7 Å². The Morgan fingerprint density at radius 1 is 0.956 bits per heavy atom. The third kappa shape index (κ3) is 8.89. The molecular formula is C34H41ClN4O6. The van der Waals surface area contributed by atoms with Crippen LogP contribution in [-0.2, 0) is 4.79 Å². The number of likely N-dealkylation sites (N-methyl/N-ethyl adjacent to an activating group) is 1. The van der Waals surface area contributed by atoms with Crippen LogP contribution in [0.4, 0.5) is 11.4 Å². The molecule has 1 aliphatic heterocycles. The van der Waals surface area contributed by atoms with Gasteiger partial charge in [-0.1, -0.05) is 17.7 Å². The summed E-state index contributed by atoms with van der Waals surface area (Å²) in [4.78, 5) is 44.5. The molecule has 0 atom stereocenters. The molecule has 0 bridgehead atoms.